The van der Waals surface area contributed by atoms with E-state index in [1.54, 1.807) is 7.11 Å². The molecule has 0 heterocycles. The van der Waals surface area contributed by atoms with Gasteiger partial charge in [-0.1, -0.05) is 26.2 Å². The maximum Gasteiger partial charge on any atom is 0.240 e. The summed E-state index contributed by atoms with van der Waals surface area (Å²) in [6, 6.07) is 0.0832. The Balaban J connectivity index is 0.00000256. The van der Waals surface area contributed by atoms with Gasteiger partial charge in [0.1, 0.15) is 0 Å². The van der Waals surface area contributed by atoms with E-state index in [1.165, 1.54) is 6.42 Å². The molecule has 5 heteroatoms. The van der Waals surface area contributed by atoms with Gasteiger partial charge < -0.3 is 15.8 Å². The van der Waals surface area contributed by atoms with Crippen molar-refractivity contribution in [1.82, 2.24) is 5.32 Å². The number of nitrogens with two attached hydrogens (primary N) is 1. The number of rotatable bonds is 5. The van der Waals surface area contributed by atoms with E-state index in [2.05, 4.69) is 5.32 Å². The van der Waals surface area contributed by atoms with E-state index in [9.17, 15) is 4.79 Å². The monoisotopic (exact) mass is 264 g/mol. The summed E-state index contributed by atoms with van der Waals surface area (Å²) in [6.45, 7) is 2.59. The molecule has 0 spiro atoms. The van der Waals surface area contributed by atoms with Crippen molar-refractivity contribution in [2.45, 2.75) is 57.0 Å². The largest absolute Gasteiger partial charge is 0.383 e. The first kappa shape index (κ1) is 16.7. The molecule has 0 aromatic carbocycles. The first-order chi connectivity index (χ1) is 7.62. The fourth-order valence-corrected chi connectivity index (χ4v) is 2.20. The highest BCUT2D eigenvalue weighted by atomic mass is 35.5. The molecule has 4 nitrogen and oxygen atoms in total. The number of methoxy groups -OCH3 is 1. The summed E-state index contributed by atoms with van der Waals surface area (Å²) in [4.78, 5) is 12.1. The van der Waals surface area contributed by atoms with Gasteiger partial charge in [-0.15, -0.1) is 12.4 Å². The smallest absolute Gasteiger partial charge is 0.240 e. The molecule has 1 fully saturated rings. The van der Waals surface area contributed by atoms with Crippen molar-refractivity contribution in [1.29, 1.82) is 0 Å². The van der Waals surface area contributed by atoms with Gasteiger partial charge in [-0.05, 0) is 19.3 Å². The standard InChI is InChI=1S/C12H24N2O2.ClH/c1-3-10(9-16-2)14-11(15)12(13)7-5-4-6-8-12;/h10H,3-9,13H2,1-2H3,(H,14,15);1H. The number of amides is 1. The Morgan fingerprint density at radius 1 is 1.41 bits per heavy atom. The molecular weight excluding hydrogens is 240 g/mol. The second-order valence-electron chi connectivity index (χ2n) is 4.75. The normalized spacial score (nSPS) is 20.2. The molecule has 0 aliphatic heterocycles. The third-order valence-corrected chi connectivity index (χ3v) is 3.39. The lowest BCUT2D eigenvalue weighted by molar-refractivity contribution is -0.128. The van der Waals surface area contributed by atoms with Crippen LogP contribution >= 0.6 is 12.4 Å². The summed E-state index contributed by atoms with van der Waals surface area (Å²) in [7, 11) is 1.65. The Bertz CT molecular complexity index is 231. The molecular formula is C12H25ClN2O2. The minimum absolute atomic E-state index is 0. The summed E-state index contributed by atoms with van der Waals surface area (Å²) in [5, 5.41) is 2.99. The number of halogens is 1. The highest BCUT2D eigenvalue weighted by Crippen LogP contribution is 2.26. The van der Waals surface area contributed by atoms with E-state index >= 15 is 0 Å². The van der Waals surface area contributed by atoms with Crippen LogP contribution in [-0.4, -0.2) is 31.2 Å². The fraction of sp³-hybridized carbons (Fsp3) is 0.917. The van der Waals surface area contributed by atoms with Crippen molar-refractivity contribution in [3.8, 4) is 0 Å². The van der Waals surface area contributed by atoms with Gasteiger partial charge in [-0.3, -0.25) is 4.79 Å². The highest BCUT2D eigenvalue weighted by molar-refractivity contribution is 5.86. The van der Waals surface area contributed by atoms with Crippen LogP contribution in [0.1, 0.15) is 45.4 Å². The summed E-state index contributed by atoms with van der Waals surface area (Å²) < 4.78 is 5.06. The van der Waals surface area contributed by atoms with Crippen LogP contribution in [0.25, 0.3) is 0 Å². The first-order valence-electron chi connectivity index (χ1n) is 6.21. The van der Waals surface area contributed by atoms with E-state index in [4.69, 9.17) is 10.5 Å². The Labute approximate surface area is 110 Å². The quantitative estimate of drug-likeness (QED) is 0.793. The van der Waals surface area contributed by atoms with Gasteiger partial charge in [0.15, 0.2) is 0 Å². The Morgan fingerprint density at radius 3 is 2.47 bits per heavy atom. The lowest BCUT2D eigenvalue weighted by Gasteiger charge is -2.33. The Kier molecular flexibility index (Phi) is 7.75. The molecule has 0 aromatic heterocycles. The van der Waals surface area contributed by atoms with Crippen molar-refractivity contribution >= 4 is 18.3 Å². The van der Waals surface area contributed by atoms with E-state index in [1.807, 2.05) is 6.92 Å². The molecule has 1 aliphatic rings. The molecule has 1 unspecified atom stereocenters. The maximum atomic E-state index is 12.1. The number of hydrogen-bond acceptors (Lipinski definition) is 3. The van der Waals surface area contributed by atoms with Crippen LogP contribution in [0.3, 0.4) is 0 Å². The number of hydrogen-bond donors (Lipinski definition) is 2. The van der Waals surface area contributed by atoms with Crippen LogP contribution in [0, 0.1) is 0 Å². The van der Waals surface area contributed by atoms with E-state index in [-0.39, 0.29) is 24.4 Å². The van der Waals surface area contributed by atoms with Crippen molar-refractivity contribution in [3.63, 3.8) is 0 Å². The zero-order valence-corrected chi connectivity index (χ0v) is 11.6. The fourth-order valence-electron chi connectivity index (χ4n) is 2.20. The van der Waals surface area contributed by atoms with Gasteiger partial charge in [0.2, 0.25) is 5.91 Å². The van der Waals surface area contributed by atoms with Crippen LogP contribution in [-0.2, 0) is 9.53 Å². The number of ether oxygens (including phenoxy) is 1. The predicted molar refractivity (Wildman–Crippen MR) is 71.3 cm³/mol. The van der Waals surface area contributed by atoms with Crippen molar-refractivity contribution in [3.05, 3.63) is 0 Å². The molecule has 0 bridgehead atoms. The molecule has 1 aliphatic carbocycles. The molecule has 1 saturated carbocycles. The summed E-state index contributed by atoms with van der Waals surface area (Å²) in [6.07, 6.45) is 5.80. The molecule has 1 amide bonds. The molecule has 0 radical (unpaired) electrons. The van der Waals surface area contributed by atoms with Crippen molar-refractivity contribution in [2.24, 2.45) is 5.73 Å². The summed E-state index contributed by atoms with van der Waals surface area (Å²) >= 11 is 0. The molecule has 102 valence electrons. The van der Waals surface area contributed by atoms with Crippen molar-refractivity contribution < 1.29 is 9.53 Å². The number of carbonyl (C=O) groups excluding carboxylic acids is 1. The van der Waals surface area contributed by atoms with Gasteiger partial charge in [-0.2, -0.15) is 0 Å². The van der Waals surface area contributed by atoms with E-state index in [0.29, 0.717) is 6.61 Å². The SMILES string of the molecule is CCC(COC)NC(=O)C1(N)CCCCC1.Cl. The molecule has 0 aromatic rings. The van der Waals surface area contributed by atoms with Crippen LogP contribution in [0.2, 0.25) is 0 Å². The maximum absolute atomic E-state index is 12.1. The highest BCUT2D eigenvalue weighted by Gasteiger charge is 2.35. The topological polar surface area (TPSA) is 64.3 Å². The van der Waals surface area contributed by atoms with Gasteiger partial charge >= 0.3 is 0 Å². The van der Waals surface area contributed by atoms with Crippen molar-refractivity contribution in [2.75, 3.05) is 13.7 Å². The van der Waals surface area contributed by atoms with Crippen LogP contribution in [0.15, 0.2) is 0 Å². The third kappa shape index (κ3) is 4.82. The van der Waals surface area contributed by atoms with E-state index < -0.39 is 5.54 Å². The molecule has 17 heavy (non-hydrogen) atoms. The van der Waals surface area contributed by atoms with E-state index in [0.717, 1.165) is 32.1 Å². The van der Waals surface area contributed by atoms with Crippen LogP contribution < -0.4 is 11.1 Å². The van der Waals surface area contributed by atoms with Gasteiger partial charge in [0, 0.05) is 7.11 Å². The Morgan fingerprint density at radius 2 is 2.00 bits per heavy atom. The Hall–Kier alpha value is -0.320. The first-order valence-corrected chi connectivity index (χ1v) is 6.21. The van der Waals surface area contributed by atoms with Gasteiger partial charge in [-0.25, -0.2) is 0 Å². The van der Waals surface area contributed by atoms with Crippen LogP contribution in [0.4, 0.5) is 0 Å². The molecule has 0 saturated heterocycles. The summed E-state index contributed by atoms with van der Waals surface area (Å²) in [5.41, 5.74) is 5.51. The average Bonchev–Trinajstić information content (AvgIpc) is 2.29. The van der Waals surface area contributed by atoms with Crippen LogP contribution in [0.5, 0.6) is 0 Å². The average molecular weight is 265 g/mol. The second kappa shape index (κ2) is 7.90. The number of carbonyl (C=O) groups is 1. The zero-order valence-electron chi connectivity index (χ0n) is 10.8. The molecule has 3 N–H and O–H groups in total. The van der Waals surface area contributed by atoms with Gasteiger partial charge in [0.25, 0.3) is 0 Å². The minimum Gasteiger partial charge on any atom is -0.383 e. The van der Waals surface area contributed by atoms with Gasteiger partial charge in [0.05, 0.1) is 18.2 Å². The molecule has 1 atom stereocenters. The number of nitrogens with one attached hydrogen (secondary N) is 1. The minimum atomic E-state index is -0.639. The zero-order chi connectivity index (χ0) is 12.0. The third-order valence-electron chi connectivity index (χ3n) is 3.39. The lowest BCUT2D eigenvalue weighted by atomic mass is 9.81. The summed E-state index contributed by atoms with van der Waals surface area (Å²) in [5.74, 6) is -0.00361. The predicted octanol–water partition coefficient (Wildman–Crippen LogP) is 1.61. The molecule has 1 rings (SSSR count). The second-order valence-corrected chi connectivity index (χ2v) is 4.75. The lowest BCUT2D eigenvalue weighted by Crippen LogP contribution is -2.57.